The molecule has 1 N–H and O–H groups in total. The van der Waals surface area contributed by atoms with E-state index in [9.17, 15) is 0 Å². The third-order valence-corrected chi connectivity index (χ3v) is 3.51. The molecular formula is C17H29N. The molecule has 0 aliphatic carbocycles. The van der Waals surface area contributed by atoms with Gasteiger partial charge < -0.3 is 5.32 Å². The highest BCUT2D eigenvalue weighted by Crippen LogP contribution is 2.15. The lowest BCUT2D eigenvalue weighted by molar-refractivity contribution is 0.356. The number of benzene rings is 1. The van der Waals surface area contributed by atoms with Crippen LogP contribution < -0.4 is 5.32 Å². The van der Waals surface area contributed by atoms with E-state index >= 15 is 0 Å². The van der Waals surface area contributed by atoms with Crippen molar-refractivity contribution in [2.45, 2.75) is 65.3 Å². The highest BCUT2D eigenvalue weighted by atomic mass is 14.9. The van der Waals surface area contributed by atoms with Crippen molar-refractivity contribution in [2.24, 2.45) is 0 Å². The van der Waals surface area contributed by atoms with Crippen LogP contribution >= 0.6 is 0 Å². The molecule has 0 aliphatic rings. The van der Waals surface area contributed by atoms with Crippen molar-refractivity contribution in [3.8, 4) is 0 Å². The largest absolute Gasteiger partial charge is 0.312 e. The molecule has 0 aliphatic heterocycles. The molecule has 0 atom stereocenters. The topological polar surface area (TPSA) is 12.0 Å². The molecule has 0 heterocycles. The van der Waals surface area contributed by atoms with Crippen molar-refractivity contribution >= 4 is 0 Å². The summed E-state index contributed by atoms with van der Waals surface area (Å²) in [5, 5.41) is 3.54. The number of unbranched alkanes of at least 4 members (excludes halogenated alkanes) is 2. The lowest BCUT2D eigenvalue weighted by Gasteiger charge is -2.25. The monoisotopic (exact) mass is 247 g/mol. The fraction of sp³-hybridized carbons (Fsp3) is 0.647. The highest BCUT2D eigenvalue weighted by Gasteiger charge is 2.14. The van der Waals surface area contributed by atoms with Gasteiger partial charge in [0, 0.05) is 5.54 Å². The minimum Gasteiger partial charge on any atom is -0.312 e. The molecule has 0 amide bonds. The predicted octanol–water partition coefficient (Wildman–Crippen LogP) is 4.49. The number of hydrogen-bond acceptors (Lipinski definition) is 1. The SMILES string of the molecule is CCNC(C)(C)CCCCCc1cccc(C)c1. The molecule has 0 bridgehead atoms. The zero-order valence-electron chi connectivity index (χ0n) is 12.6. The summed E-state index contributed by atoms with van der Waals surface area (Å²) in [4.78, 5) is 0. The fourth-order valence-corrected chi connectivity index (χ4v) is 2.51. The Hall–Kier alpha value is -0.820. The molecular weight excluding hydrogens is 218 g/mol. The van der Waals surface area contributed by atoms with E-state index in [1.165, 1.54) is 43.2 Å². The van der Waals surface area contributed by atoms with E-state index in [1.807, 2.05) is 0 Å². The van der Waals surface area contributed by atoms with Gasteiger partial charge in [-0.05, 0) is 52.1 Å². The lowest BCUT2D eigenvalue weighted by Crippen LogP contribution is -2.38. The van der Waals surface area contributed by atoms with E-state index in [4.69, 9.17) is 0 Å². The Kier molecular flexibility index (Phi) is 6.42. The second kappa shape index (κ2) is 7.58. The maximum absolute atomic E-state index is 3.54. The zero-order chi connectivity index (χ0) is 13.4. The quantitative estimate of drug-likeness (QED) is 0.668. The van der Waals surface area contributed by atoms with Crippen LogP contribution in [0.25, 0.3) is 0 Å². The number of hydrogen-bond donors (Lipinski definition) is 1. The molecule has 1 aromatic rings. The molecule has 1 heteroatoms. The fourth-order valence-electron chi connectivity index (χ4n) is 2.51. The van der Waals surface area contributed by atoms with Crippen LogP contribution in [0.3, 0.4) is 0 Å². The van der Waals surface area contributed by atoms with E-state index < -0.39 is 0 Å². The van der Waals surface area contributed by atoms with Crippen LogP contribution in [0.4, 0.5) is 0 Å². The highest BCUT2D eigenvalue weighted by molar-refractivity contribution is 5.22. The molecule has 0 spiro atoms. The van der Waals surface area contributed by atoms with Gasteiger partial charge in [0.15, 0.2) is 0 Å². The van der Waals surface area contributed by atoms with E-state index in [1.54, 1.807) is 0 Å². The summed E-state index contributed by atoms with van der Waals surface area (Å²) in [6.45, 7) is 10.0. The van der Waals surface area contributed by atoms with Crippen LogP contribution in [0.15, 0.2) is 24.3 Å². The first kappa shape index (κ1) is 15.2. The van der Waals surface area contributed by atoms with Crippen LogP contribution in [0.5, 0.6) is 0 Å². The Balaban J connectivity index is 2.16. The first-order valence-electron chi connectivity index (χ1n) is 7.34. The van der Waals surface area contributed by atoms with E-state index in [0.717, 1.165) is 6.54 Å². The second-order valence-electron chi connectivity index (χ2n) is 5.96. The van der Waals surface area contributed by atoms with Gasteiger partial charge in [-0.2, -0.15) is 0 Å². The number of nitrogens with one attached hydrogen (secondary N) is 1. The van der Waals surface area contributed by atoms with Crippen molar-refractivity contribution in [3.05, 3.63) is 35.4 Å². The van der Waals surface area contributed by atoms with Gasteiger partial charge in [-0.3, -0.25) is 0 Å². The summed E-state index contributed by atoms with van der Waals surface area (Å²) in [5.41, 5.74) is 3.17. The maximum Gasteiger partial charge on any atom is 0.0125 e. The summed E-state index contributed by atoms with van der Waals surface area (Å²) in [5.74, 6) is 0. The Bertz CT molecular complexity index is 341. The molecule has 18 heavy (non-hydrogen) atoms. The van der Waals surface area contributed by atoms with Crippen LogP contribution in [0, 0.1) is 6.92 Å². The standard InChI is InChI=1S/C17H29N/c1-5-18-17(3,4)13-8-6-7-11-16-12-9-10-15(2)14-16/h9-10,12,14,18H,5-8,11,13H2,1-4H3. The average molecular weight is 247 g/mol. The minimum atomic E-state index is 0.304. The van der Waals surface area contributed by atoms with Crippen LogP contribution in [-0.2, 0) is 6.42 Å². The molecule has 0 saturated carbocycles. The molecule has 0 radical (unpaired) electrons. The third-order valence-electron chi connectivity index (χ3n) is 3.51. The van der Waals surface area contributed by atoms with Crippen molar-refractivity contribution < 1.29 is 0 Å². The van der Waals surface area contributed by atoms with E-state index in [-0.39, 0.29) is 0 Å². The smallest absolute Gasteiger partial charge is 0.0125 e. The maximum atomic E-state index is 3.54. The molecule has 1 nitrogen and oxygen atoms in total. The van der Waals surface area contributed by atoms with Crippen LogP contribution in [-0.4, -0.2) is 12.1 Å². The van der Waals surface area contributed by atoms with Gasteiger partial charge >= 0.3 is 0 Å². The Labute approximate surface area is 113 Å². The average Bonchev–Trinajstić information content (AvgIpc) is 2.28. The summed E-state index contributed by atoms with van der Waals surface area (Å²) in [6, 6.07) is 8.89. The minimum absolute atomic E-state index is 0.304. The molecule has 102 valence electrons. The van der Waals surface area contributed by atoms with Crippen molar-refractivity contribution in [1.82, 2.24) is 5.32 Å². The van der Waals surface area contributed by atoms with Gasteiger partial charge in [-0.1, -0.05) is 49.6 Å². The van der Waals surface area contributed by atoms with Crippen molar-refractivity contribution in [3.63, 3.8) is 0 Å². The number of aryl methyl sites for hydroxylation is 2. The summed E-state index contributed by atoms with van der Waals surface area (Å²) >= 11 is 0. The first-order chi connectivity index (χ1) is 8.53. The zero-order valence-corrected chi connectivity index (χ0v) is 12.6. The van der Waals surface area contributed by atoms with Crippen LogP contribution in [0.1, 0.15) is 57.6 Å². The Morgan fingerprint density at radius 3 is 2.56 bits per heavy atom. The van der Waals surface area contributed by atoms with Gasteiger partial charge in [0.1, 0.15) is 0 Å². The normalized spacial score (nSPS) is 11.8. The summed E-state index contributed by atoms with van der Waals surface area (Å²) in [7, 11) is 0. The van der Waals surface area contributed by atoms with Gasteiger partial charge in [0.25, 0.3) is 0 Å². The van der Waals surface area contributed by atoms with Gasteiger partial charge in [-0.15, -0.1) is 0 Å². The molecule has 0 unspecified atom stereocenters. The van der Waals surface area contributed by atoms with Gasteiger partial charge in [-0.25, -0.2) is 0 Å². The van der Waals surface area contributed by atoms with Crippen molar-refractivity contribution in [1.29, 1.82) is 0 Å². The summed E-state index contributed by atoms with van der Waals surface area (Å²) < 4.78 is 0. The second-order valence-corrected chi connectivity index (χ2v) is 5.96. The first-order valence-corrected chi connectivity index (χ1v) is 7.34. The predicted molar refractivity (Wildman–Crippen MR) is 81.1 cm³/mol. The molecule has 1 aromatic carbocycles. The molecule has 0 fully saturated rings. The van der Waals surface area contributed by atoms with Crippen molar-refractivity contribution in [2.75, 3.05) is 6.54 Å². The Morgan fingerprint density at radius 1 is 1.11 bits per heavy atom. The van der Waals surface area contributed by atoms with Crippen LogP contribution in [0.2, 0.25) is 0 Å². The summed E-state index contributed by atoms with van der Waals surface area (Å²) in [6.07, 6.45) is 6.47. The molecule has 1 rings (SSSR count). The van der Waals surface area contributed by atoms with E-state index in [0.29, 0.717) is 5.54 Å². The van der Waals surface area contributed by atoms with Gasteiger partial charge in [0.05, 0.1) is 0 Å². The van der Waals surface area contributed by atoms with Gasteiger partial charge in [0.2, 0.25) is 0 Å². The Morgan fingerprint density at radius 2 is 1.89 bits per heavy atom. The van der Waals surface area contributed by atoms with E-state index in [2.05, 4.69) is 57.3 Å². The number of rotatable bonds is 8. The third kappa shape index (κ3) is 6.20. The molecule has 0 saturated heterocycles. The molecule has 0 aromatic heterocycles. The lowest BCUT2D eigenvalue weighted by atomic mass is 9.95.